The van der Waals surface area contributed by atoms with Crippen LogP contribution in [-0.2, 0) is 0 Å². The van der Waals surface area contributed by atoms with Crippen LogP contribution in [0.5, 0.6) is 0 Å². The van der Waals surface area contributed by atoms with Crippen molar-refractivity contribution in [1.29, 1.82) is 0 Å². The zero-order valence-electron chi connectivity index (χ0n) is 10.1. The van der Waals surface area contributed by atoms with Crippen LogP contribution in [0, 0.1) is 5.41 Å². The van der Waals surface area contributed by atoms with Gasteiger partial charge in [-0.2, -0.15) is 0 Å². The number of rotatable bonds is 4. The highest BCUT2D eigenvalue weighted by Crippen LogP contribution is 2.27. The average Bonchev–Trinajstić information content (AvgIpc) is 1.80. The molecule has 0 unspecified atom stereocenters. The third kappa shape index (κ3) is 6.68. The molecule has 0 atom stereocenters. The van der Waals surface area contributed by atoms with Crippen molar-refractivity contribution in [3.05, 3.63) is 12.3 Å². The van der Waals surface area contributed by atoms with E-state index in [4.69, 9.17) is 0 Å². The molecule has 1 N–H and O–H groups in total. The SMILES string of the molecule is C=C(CC)NC(C)(C)CC(C)(C)C. The minimum Gasteiger partial charge on any atom is -0.384 e. The lowest BCUT2D eigenvalue weighted by molar-refractivity contribution is 0.255. The van der Waals surface area contributed by atoms with E-state index in [0.29, 0.717) is 5.41 Å². The van der Waals surface area contributed by atoms with Crippen molar-refractivity contribution < 1.29 is 0 Å². The molecule has 0 saturated carbocycles. The average molecular weight is 183 g/mol. The normalized spacial score (nSPS) is 12.8. The summed E-state index contributed by atoms with van der Waals surface area (Å²) < 4.78 is 0. The van der Waals surface area contributed by atoms with Gasteiger partial charge < -0.3 is 5.32 Å². The molecule has 0 bridgehead atoms. The van der Waals surface area contributed by atoms with Crippen molar-refractivity contribution in [2.75, 3.05) is 0 Å². The van der Waals surface area contributed by atoms with Crippen LogP contribution in [-0.4, -0.2) is 5.54 Å². The molecule has 0 heterocycles. The lowest BCUT2D eigenvalue weighted by atomic mass is 9.81. The quantitative estimate of drug-likeness (QED) is 0.700. The van der Waals surface area contributed by atoms with E-state index in [1.807, 2.05) is 0 Å². The van der Waals surface area contributed by atoms with Crippen LogP contribution in [0.4, 0.5) is 0 Å². The summed E-state index contributed by atoms with van der Waals surface area (Å²) in [4.78, 5) is 0. The fourth-order valence-corrected chi connectivity index (χ4v) is 1.94. The smallest absolute Gasteiger partial charge is 0.0319 e. The zero-order valence-corrected chi connectivity index (χ0v) is 10.1. The Kier molecular flexibility index (Phi) is 4.02. The van der Waals surface area contributed by atoms with Gasteiger partial charge in [0.25, 0.3) is 0 Å². The first-order valence-corrected chi connectivity index (χ1v) is 5.12. The highest BCUT2D eigenvalue weighted by atomic mass is 15.0. The van der Waals surface area contributed by atoms with Gasteiger partial charge in [0, 0.05) is 11.2 Å². The molecule has 0 amide bonds. The van der Waals surface area contributed by atoms with Crippen LogP contribution >= 0.6 is 0 Å². The topological polar surface area (TPSA) is 12.0 Å². The number of allylic oxidation sites excluding steroid dienone is 1. The van der Waals surface area contributed by atoms with Crippen molar-refractivity contribution in [3.63, 3.8) is 0 Å². The van der Waals surface area contributed by atoms with E-state index in [9.17, 15) is 0 Å². The Labute approximate surface area is 83.6 Å². The van der Waals surface area contributed by atoms with Gasteiger partial charge >= 0.3 is 0 Å². The van der Waals surface area contributed by atoms with Gasteiger partial charge in [-0.3, -0.25) is 0 Å². The third-order valence-corrected chi connectivity index (χ3v) is 1.91. The first-order valence-electron chi connectivity index (χ1n) is 5.12. The second-order valence-electron chi connectivity index (χ2n) is 5.70. The summed E-state index contributed by atoms with van der Waals surface area (Å²) in [6.07, 6.45) is 2.16. The lowest BCUT2D eigenvalue weighted by Crippen LogP contribution is -2.41. The molecule has 0 fully saturated rings. The molecule has 0 spiro atoms. The van der Waals surface area contributed by atoms with Gasteiger partial charge in [-0.05, 0) is 32.1 Å². The summed E-state index contributed by atoms with van der Waals surface area (Å²) in [6, 6.07) is 0. The molecule has 0 aliphatic heterocycles. The molecule has 0 aliphatic rings. The number of nitrogens with one attached hydrogen (secondary N) is 1. The molecule has 0 aromatic heterocycles. The van der Waals surface area contributed by atoms with Crippen LogP contribution in [0.15, 0.2) is 12.3 Å². The molecular weight excluding hydrogens is 158 g/mol. The molecule has 0 aromatic rings. The number of hydrogen-bond donors (Lipinski definition) is 1. The van der Waals surface area contributed by atoms with Crippen molar-refractivity contribution in [2.24, 2.45) is 5.41 Å². The molecule has 1 nitrogen and oxygen atoms in total. The first kappa shape index (κ1) is 12.5. The standard InChI is InChI=1S/C12H25N/c1-8-10(2)13-12(6,7)9-11(3,4)5/h13H,2,8-9H2,1,3-7H3. The summed E-state index contributed by atoms with van der Waals surface area (Å²) in [5.41, 5.74) is 1.66. The molecule has 13 heavy (non-hydrogen) atoms. The zero-order chi connectivity index (χ0) is 10.7. The lowest BCUT2D eigenvalue weighted by Gasteiger charge is -2.34. The molecule has 0 rings (SSSR count). The highest BCUT2D eigenvalue weighted by molar-refractivity contribution is 4.97. The molecule has 0 radical (unpaired) electrons. The van der Waals surface area contributed by atoms with Crippen molar-refractivity contribution in [3.8, 4) is 0 Å². The van der Waals surface area contributed by atoms with E-state index >= 15 is 0 Å². The Morgan fingerprint density at radius 3 is 1.92 bits per heavy atom. The van der Waals surface area contributed by atoms with Crippen LogP contribution < -0.4 is 5.32 Å². The summed E-state index contributed by atoms with van der Waals surface area (Å²) in [7, 11) is 0. The van der Waals surface area contributed by atoms with Crippen LogP contribution in [0.1, 0.15) is 54.4 Å². The summed E-state index contributed by atoms with van der Waals surface area (Å²) >= 11 is 0. The predicted octanol–water partition coefficient (Wildman–Crippen LogP) is 3.71. The summed E-state index contributed by atoms with van der Waals surface area (Å²) in [5, 5.41) is 3.47. The van der Waals surface area contributed by atoms with Gasteiger partial charge in [-0.1, -0.05) is 34.3 Å². The van der Waals surface area contributed by atoms with Gasteiger partial charge in [0.15, 0.2) is 0 Å². The maximum atomic E-state index is 3.98. The molecule has 1 heteroatoms. The largest absolute Gasteiger partial charge is 0.384 e. The van der Waals surface area contributed by atoms with Gasteiger partial charge in [-0.15, -0.1) is 0 Å². The minimum absolute atomic E-state index is 0.158. The van der Waals surface area contributed by atoms with E-state index in [1.54, 1.807) is 0 Å². The fourth-order valence-electron chi connectivity index (χ4n) is 1.94. The second kappa shape index (κ2) is 4.17. The van der Waals surface area contributed by atoms with Crippen molar-refractivity contribution >= 4 is 0 Å². The van der Waals surface area contributed by atoms with E-state index < -0.39 is 0 Å². The molecular formula is C12H25N. The first-order chi connectivity index (χ1) is 5.66. The molecule has 78 valence electrons. The summed E-state index contributed by atoms with van der Waals surface area (Å²) in [6.45, 7) is 17.4. The Hall–Kier alpha value is -0.460. The van der Waals surface area contributed by atoms with E-state index in [-0.39, 0.29) is 5.54 Å². The monoisotopic (exact) mass is 183 g/mol. The van der Waals surface area contributed by atoms with Gasteiger partial charge in [0.1, 0.15) is 0 Å². The Morgan fingerprint density at radius 2 is 1.62 bits per heavy atom. The van der Waals surface area contributed by atoms with Crippen LogP contribution in [0.25, 0.3) is 0 Å². The fraction of sp³-hybridized carbons (Fsp3) is 0.833. The maximum Gasteiger partial charge on any atom is 0.0319 e. The predicted molar refractivity (Wildman–Crippen MR) is 60.7 cm³/mol. The summed E-state index contributed by atoms with van der Waals surface area (Å²) in [5.74, 6) is 0. The van der Waals surface area contributed by atoms with E-state index in [1.165, 1.54) is 0 Å². The van der Waals surface area contributed by atoms with Gasteiger partial charge in [-0.25, -0.2) is 0 Å². The van der Waals surface area contributed by atoms with Crippen molar-refractivity contribution in [2.45, 2.75) is 59.9 Å². The van der Waals surface area contributed by atoms with Gasteiger partial charge in [0.2, 0.25) is 0 Å². The number of hydrogen-bond acceptors (Lipinski definition) is 1. The van der Waals surface area contributed by atoms with Crippen LogP contribution in [0.3, 0.4) is 0 Å². The van der Waals surface area contributed by atoms with Crippen LogP contribution in [0.2, 0.25) is 0 Å². The highest BCUT2D eigenvalue weighted by Gasteiger charge is 2.24. The molecule has 0 aromatic carbocycles. The van der Waals surface area contributed by atoms with E-state index in [0.717, 1.165) is 18.5 Å². The Balaban J connectivity index is 4.16. The Bertz CT molecular complexity index is 172. The molecule has 0 aliphatic carbocycles. The van der Waals surface area contributed by atoms with Crippen molar-refractivity contribution in [1.82, 2.24) is 5.32 Å². The third-order valence-electron chi connectivity index (χ3n) is 1.91. The maximum absolute atomic E-state index is 3.98. The minimum atomic E-state index is 0.158. The second-order valence-corrected chi connectivity index (χ2v) is 5.70. The van der Waals surface area contributed by atoms with Gasteiger partial charge in [0.05, 0.1) is 0 Å². The Morgan fingerprint density at radius 1 is 1.15 bits per heavy atom. The molecule has 0 saturated heterocycles. The van der Waals surface area contributed by atoms with E-state index in [2.05, 4.69) is 53.4 Å².